The van der Waals surface area contributed by atoms with Crippen LogP contribution < -0.4 is 0 Å². The van der Waals surface area contributed by atoms with E-state index in [0.29, 0.717) is 17.8 Å². The lowest BCUT2D eigenvalue weighted by Crippen LogP contribution is -2.01. The second-order valence-electron chi connectivity index (χ2n) is 5.51. The average molecular weight is 296 g/mol. The molecule has 0 amide bonds. The zero-order valence-corrected chi connectivity index (χ0v) is 13.5. The number of halogens is 3. The van der Waals surface area contributed by atoms with Crippen LogP contribution >= 0.6 is 12.6 Å². The molecule has 1 aromatic rings. The third kappa shape index (κ3) is 5.47. The average Bonchev–Trinajstić information content (AvgIpc) is 2.16. The SMILES string of the molecule is CC(C)c1cc(C(C)C)c(S)c(C(C)C)c1.F.F.F. The van der Waals surface area contributed by atoms with Crippen LogP contribution in [0.15, 0.2) is 17.0 Å². The molecule has 0 nitrogen and oxygen atoms in total. The summed E-state index contributed by atoms with van der Waals surface area (Å²) in [7, 11) is 0. The molecular formula is C15H27F3S. The summed E-state index contributed by atoms with van der Waals surface area (Å²) in [6.07, 6.45) is 0. The second-order valence-corrected chi connectivity index (χ2v) is 5.96. The highest BCUT2D eigenvalue weighted by Crippen LogP contribution is 2.33. The highest BCUT2D eigenvalue weighted by atomic mass is 32.1. The van der Waals surface area contributed by atoms with E-state index >= 15 is 0 Å². The summed E-state index contributed by atoms with van der Waals surface area (Å²) < 4.78 is 0. The van der Waals surface area contributed by atoms with Crippen molar-refractivity contribution < 1.29 is 14.1 Å². The highest BCUT2D eigenvalue weighted by Gasteiger charge is 2.14. The number of hydrogen-bond acceptors (Lipinski definition) is 1. The van der Waals surface area contributed by atoms with Crippen molar-refractivity contribution in [3.8, 4) is 0 Å². The summed E-state index contributed by atoms with van der Waals surface area (Å²) in [5.41, 5.74) is 4.21. The van der Waals surface area contributed by atoms with Crippen molar-refractivity contribution in [1.82, 2.24) is 0 Å². The van der Waals surface area contributed by atoms with E-state index in [0.717, 1.165) is 0 Å². The number of thiol groups is 1. The maximum atomic E-state index is 4.71. The predicted molar refractivity (Wildman–Crippen MR) is 83.5 cm³/mol. The van der Waals surface area contributed by atoms with E-state index < -0.39 is 0 Å². The lowest BCUT2D eigenvalue weighted by Gasteiger charge is -2.19. The van der Waals surface area contributed by atoms with Gasteiger partial charge in [0.1, 0.15) is 0 Å². The van der Waals surface area contributed by atoms with E-state index in [1.807, 2.05) is 0 Å². The minimum atomic E-state index is 0. The smallest absolute Gasteiger partial charge is 0.0110 e. The van der Waals surface area contributed by atoms with Crippen LogP contribution in [-0.4, -0.2) is 0 Å². The number of rotatable bonds is 3. The van der Waals surface area contributed by atoms with Crippen LogP contribution in [0.4, 0.5) is 14.1 Å². The predicted octanol–water partition coefficient (Wildman–Crippen LogP) is 5.80. The molecule has 19 heavy (non-hydrogen) atoms. The molecule has 0 saturated heterocycles. The van der Waals surface area contributed by atoms with Crippen LogP contribution in [0, 0.1) is 0 Å². The Morgan fingerprint density at radius 1 is 0.684 bits per heavy atom. The van der Waals surface area contributed by atoms with Gasteiger partial charge in [0.25, 0.3) is 0 Å². The van der Waals surface area contributed by atoms with Gasteiger partial charge in [-0.3, -0.25) is 14.1 Å². The molecular weight excluding hydrogens is 269 g/mol. The van der Waals surface area contributed by atoms with E-state index in [4.69, 9.17) is 12.6 Å². The molecule has 0 unspecified atom stereocenters. The maximum absolute atomic E-state index is 4.71. The summed E-state index contributed by atoms with van der Waals surface area (Å²) in [4.78, 5) is 1.19. The molecule has 4 heteroatoms. The van der Waals surface area contributed by atoms with Crippen LogP contribution in [0.2, 0.25) is 0 Å². The second kappa shape index (κ2) is 9.29. The first-order valence-electron chi connectivity index (χ1n) is 6.21. The molecule has 0 heterocycles. The summed E-state index contributed by atoms with van der Waals surface area (Å²) in [6.45, 7) is 13.5. The zero-order chi connectivity index (χ0) is 12.5. The van der Waals surface area contributed by atoms with Gasteiger partial charge in [0.2, 0.25) is 0 Å². The standard InChI is InChI=1S/C15H24S.3FH/c1-9(2)12-7-13(10(3)4)15(16)14(8-12)11(5)6;;;/h7-11,16H,1-6H3;3*1H. The maximum Gasteiger partial charge on any atom is 0.0110 e. The van der Waals surface area contributed by atoms with Crippen LogP contribution in [0.25, 0.3) is 0 Å². The van der Waals surface area contributed by atoms with Gasteiger partial charge in [-0.1, -0.05) is 53.7 Å². The van der Waals surface area contributed by atoms with Crippen LogP contribution in [0.5, 0.6) is 0 Å². The third-order valence-electron chi connectivity index (χ3n) is 3.10. The van der Waals surface area contributed by atoms with Crippen LogP contribution in [0.3, 0.4) is 0 Å². The summed E-state index contributed by atoms with van der Waals surface area (Å²) in [5.74, 6) is 1.68. The molecule has 1 rings (SSSR count). The third-order valence-corrected chi connectivity index (χ3v) is 3.62. The van der Waals surface area contributed by atoms with Crippen molar-refractivity contribution in [3.05, 3.63) is 28.8 Å². The van der Waals surface area contributed by atoms with E-state index in [1.54, 1.807) is 0 Å². The Labute approximate surface area is 120 Å². The highest BCUT2D eigenvalue weighted by molar-refractivity contribution is 7.80. The van der Waals surface area contributed by atoms with E-state index in [1.165, 1.54) is 21.6 Å². The zero-order valence-electron chi connectivity index (χ0n) is 12.6. The molecule has 114 valence electrons. The Bertz CT molecular complexity index is 345. The molecule has 0 bridgehead atoms. The lowest BCUT2D eigenvalue weighted by molar-refractivity contribution is 0.773. The van der Waals surface area contributed by atoms with Crippen molar-refractivity contribution in [1.29, 1.82) is 0 Å². The van der Waals surface area contributed by atoms with Gasteiger partial charge in [0.15, 0.2) is 0 Å². The Morgan fingerprint density at radius 3 is 1.21 bits per heavy atom. The van der Waals surface area contributed by atoms with E-state index in [-0.39, 0.29) is 14.1 Å². The number of hydrogen-bond donors (Lipinski definition) is 1. The van der Waals surface area contributed by atoms with Crippen molar-refractivity contribution in [2.24, 2.45) is 0 Å². The molecule has 0 N–H and O–H groups in total. The Balaban J connectivity index is -0.000000853. The van der Waals surface area contributed by atoms with Gasteiger partial charge in [0.05, 0.1) is 0 Å². The largest absolute Gasteiger partial charge is 0.269 e. The summed E-state index contributed by atoms with van der Waals surface area (Å²) >= 11 is 4.71. The normalized spacial score (nSPS) is 10.0. The minimum Gasteiger partial charge on any atom is -0.269 e. The van der Waals surface area contributed by atoms with Crippen molar-refractivity contribution >= 4 is 12.6 Å². The molecule has 0 fully saturated rings. The Morgan fingerprint density at radius 2 is 1.00 bits per heavy atom. The molecule has 1 aromatic carbocycles. The van der Waals surface area contributed by atoms with Crippen LogP contribution in [-0.2, 0) is 0 Å². The van der Waals surface area contributed by atoms with Gasteiger partial charge in [-0.05, 0) is 34.4 Å². The number of benzene rings is 1. The quantitative estimate of drug-likeness (QED) is 0.669. The van der Waals surface area contributed by atoms with E-state index in [2.05, 4.69) is 53.7 Å². The first-order valence-corrected chi connectivity index (χ1v) is 6.66. The van der Waals surface area contributed by atoms with Crippen molar-refractivity contribution in [2.45, 2.75) is 64.2 Å². The van der Waals surface area contributed by atoms with Gasteiger partial charge in [-0.2, -0.15) is 0 Å². The monoisotopic (exact) mass is 296 g/mol. The first-order chi connectivity index (χ1) is 7.34. The first kappa shape index (κ1) is 23.5. The Hall–Kier alpha value is -0.640. The fraction of sp³-hybridized carbons (Fsp3) is 0.600. The lowest BCUT2D eigenvalue weighted by atomic mass is 9.89. The molecule has 0 saturated carbocycles. The molecule has 0 radical (unpaired) electrons. The molecule has 0 aliphatic heterocycles. The van der Waals surface area contributed by atoms with Crippen molar-refractivity contribution in [2.75, 3.05) is 0 Å². The van der Waals surface area contributed by atoms with Gasteiger partial charge in [0, 0.05) is 4.90 Å². The van der Waals surface area contributed by atoms with Gasteiger partial charge in [-0.25, -0.2) is 0 Å². The summed E-state index contributed by atoms with van der Waals surface area (Å²) in [5, 5.41) is 0. The minimum absolute atomic E-state index is 0. The van der Waals surface area contributed by atoms with Crippen molar-refractivity contribution in [3.63, 3.8) is 0 Å². The van der Waals surface area contributed by atoms with E-state index in [9.17, 15) is 0 Å². The fourth-order valence-corrected chi connectivity index (χ4v) is 2.56. The molecule has 0 aliphatic carbocycles. The molecule has 0 aromatic heterocycles. The summed E-state index contributed by atoms with van der Waals surface area (Å²) in [6, 6.07) is 4.65. The van der Waals surface area contributed by atoms with Gasteiger partial charge >= 0.3 is 0 Å². The topological polar surface area (TPSA) is 0 Å². The fourth-order valence-electron chi connectivity index (χ4n) is 1.92. The van der Waals surface area contributed by atoms with Gasteiger partial charge < -0.3 is 0 Å². The molecule has 0 atom stereocenters. The Kier molecular flexibility index (Phi) is 11.5. The van der Waals surface area contributed by atoms with Crippen LogP contribution in [0.1, 0.15) is 76.0 Å². The molecule has 0 spiro atoms. The molecule has 0 aliphatic rings. The van der Waals surface area contributed by atoms with Gasteiger partial charge in [-0.15, -0.1) is 12.6 Å².